The van der Waals surface area contributed by atoms with Gasteiger partial charge in [0.15, 0.2) is 5.82 Å². The van der Waals surface area contributed by atoms with Gasteiger partial charge in [0.05, 0.1) is 17.0 Å². The van der Waals surface area contributed by atoms with Crippen molar-refractivity contribution in [1.82, 2.24) is 25.2 Å². The zero-order valence-electron chi connectivity index (χ0n) is 17.1. The molecule has 31 heavy (non-hydrogen) atoms. The molecule has 7 nitrogen and oxygen atoms in total. The minimum atomic E-state index is -0.120. The van der Waals surface area contributed by atoms with Crippen LogP contribution >= 0.6 is 11.8 Å². The van der Waals surface area contributed by atoms with E-state index in [0.29, 0.717) is 17.5 Å². The molecule has 0 radical (unpaired) electrons. The van der Waals surface area contributed by atoms with Crippen LogP contribution in [0, 0.1) is 6.92 Å². The minimum absolute atomic E-state index is 0.120. The van der Waals surface area contributed by atoms with Gasteiger partial charge >= 0.3 is 0 Å². The predicted molar refractivity (Wildman–Crippen MR) is 125 cm³/mol. The Kier molecular flexibility index (Phi) is 5.99. The van der Waals surface area contributed by atoms with Crippen LogP contribution in [-0.4, -0.2) is 38.1 Å². The molecule has 2 heterocycles. The lowest BCUT2D eigenvalue weighted by Gasteiger charge is -2.10. The highest BCUT2D eigenvalue weighted by Crippen LogP contribution is 2.32. The summed E-state index contributed by atoms with van der Waals surface area (Å²) in [5.41, 5.74) is 4.70. The second-order valence-electron chi connectivity index (χ2n) is 7.00. The Morgan fingerprint density at radius 3 is 2.74 bits per heavy atom. The molecule has 0 atom stereocenters. The number of hydrogen-bond acceptors (Lipinski definition) is 6. The number of nitrogen functional groups attached to an aromatic ring is 1. The van der Waals surface area contributed by atoms with Gasteiger partial charge < -0.3 is 11.2 Å². The number of thioether (sulfide) groups is 1. The van der Waals surface area contributed by atoms with Crippen molar-refractivity contribution in [2.45, 2.75) is 12.1 Å². The number of hydrogen-bond donors (Lipinski definition) is 2. The van der Waals surface area contributed by atoms with E-state index in [1.807, 2.05) is 42.5 Å². The van der Waals surface area contributed by atoms with Gasteiger partial charge in [-0.15, -0.1) is 16.8 Å². The zero-order chi connectivity index (χ0) is 21.8. The zero-order valence-corrected chi connectivity index (χ0v) is 17.9. The van der Waals surface area contributed by atoms with E-state index >= 15 is 0 Å². The average Bonchev–Trinajstić information content (AvgIpc) is 3.16. The number of fused-ring (bicyclic) bond motifs is 1. The van der Waals surface area contributed by atoms with E-state index in [0.717, 1.165) is 27.7 Å². The summed E-state index contributed by atoms with van der Waals surface area (Å²) in [5, 5.41) is 12.6. The molecular formula is C23H22N6OS. The summed E-state index contributed by atoms with van der Waals surface area (Å²) in [6, 6.07) is 18.1. The number of para-hydroxylation sites is 1. The van der Waals surface area contributed by atoms with Crippen LogP contribution in [0.3, 0.4) is 0 Å². The van der Waals surface area contributed by atoms with Crippen LogP contribution in [0.25, 0.3) is 33.5 Å². The molecule has 0 aliphatic heterocycles. The second kappa shape index (κ2) is 9.01. The van der Waals surface area contributed by atoms with E-state index in [9.17, 15) is 4.79 Å². The Balaban J connectivity index is 1.72. The van der Waals surface area contributed by atoms with Crippen molar-refractivity contribution in [1.29, 1.82) is 0 Å². The Labute approximate surface area is 184 Å². The first kappa shape index (κ1) is 20.6. The van der Waals surface area contributed by atoms with Crippen LogP contribution in [0.4, 0.5) is 0 Å². The van der Waals surface area contributed by atoms with Crippen molar-refractivity contribution in [3.8, 4) is 22.6 Å². The molecule has 0 saturated carbocycles. The highest BCUT2D eigenvalue weighted by atomic mass is 32.2. The van der Waals surface area contributed by atoms with Gasteiger partial charge in [-0.3, -0.25) is 4.79 Å². The molecule has 0 bridgehead atoms. The fraction of sp³-hybridized carbons (Fsp3) is 0.130. The topological polar surface area (TPSA) is 98.7 Å². The molecule has 3 N–H and O–H groups in total. The normalized spacial score (nSPS) is 10.9. The summed E-state index contributed by atoms with van der Waals surface area (Å²) < 4.78 is 1.42. The van der Waals surface area contributed by atoms with Gasteiger partial charge in [0.2, 0.25) is 11.1 Å². The summed E-state index contributed by atoms with van der Waals surface area (Å²) in [6.07, 6.45) is 1.63. The third-order valence-corrected chi connectivity index (χ3v) is 5.69. The maximum atomic E-state index is 11.9. The number of pyridine rings is 1. The second-order valence-corrected chi connectivity index (χ2v) is 7.94. The number of rotatable bonds is 7. The average molecular weight is 431 g/mol. The first-order valence-corrected chi connectivity index (χ1v) is 10.7. The molecule has 1 amide bonds. The van der Waals surface area contributed by atoms with Crippen molar-refractivity contribution in [2.24, 2.45) is 0 Å². The quantitative estimate of drug-likeness (QED) is 0.264. The monoisotopic (exact) mass is 430 g/mol. The molecule has 0 aliphatic rings. The number of nitrogens with two attached hydrogens (primary N) is 1. The standard InChI is InChI=1S/C23H22N6OS/c1-3-12-25-21(30)14-31-23-28-27-22(29(23)24)18-13-20(16-10-8-15(2)9-11-16)26-19-7-5-4-6-17(18)19/h3-11,13H,1,12,14,24H2,2H3,(H,25,30). The van der Waals surface area contributed by atoms with Gasteiger partial charge in [-0.1, -0.05) is 65.9 Å². The van der Waals surface area contributed by atoms with E-state index in [-0.39, 0.29) is 11.7 Å². The van der Waals surface area contributed by atoms with E-state index in [1.54, 1.807) is 6.08 Å². The number of nitrogens with one attached hydrogen (secondary N) is 1. The maximum absolute atomic E-state index is 11.9. The molecule has 0 saturated heterocycles. The number of carbonyl (C=O) groups excluding carboxylic acids is 1. The Morgan fingerprint density at radius 2 is 1.97 bits per heavy atom. The van der Waals surface area contributed by atoms with Crippen molar-refractivity contribution < 1.29 is 4.79 Å². The summed E-state index contributed by atoms with van der Waals surface area (Å²) in [4.78, 5) is 16.7. The van der Waals surface area contributed by atoms with E-state index in [1.165, 1.54) is 22.0 Å². The Bertz CT molecular complexity index is 1250. The molecule has 0 aliphatic carbocycles. The third kappa shape index (κ3) is 4.44. The van der Waals surface area contributed by atoms with Crippen LogP contribution < -0.4 is 11.2 Å². The first-order chi connectivity index (χ1) is 15.1. The smallest absolute Gasteiger partial charge is 0.230 e. The van der Waals surface area contributed by atoms with E-state index < -0.39 is 0 Å². The summed E-state index contributed by atoms with van der Waals surface area (Å²) in [6.45, 7) is 6.06. The van der Waals surface area contributed by atoms with Gasteiger partial charge in [-0.25, -0.2) is 9.66 Å². The number of nitrogens with zero attached hydrogens (tertiary/aromatic N) is 4. The van der Waals surface area contributed by atoms with E-state index in [2.05, 4.69) is 41.1 Å². The molecule has 2 aromatic heterocycles. The molecule has 0 unspecified atom stereocenters. The predicted octanol–water partition coefficient (Wildman–Crippen LogP) is 3.58. The summed E-state index contributed by atoms with van der Waals surface area (Å²) in [7, 11) is 0. The van der Waals surface area contributed by atoms with Crippen molar-refractivity contribution >= 4 is 28.6 Å². The minimum Gasteiger partial charge on any atom is -0.352 e. The van der Waals surface area contributed by atoms with E-state index in [4.69, 9.17) is 10.8 Å². The number of amides is 1. The van der Waals surface area contributed by atoms with Gasteiger partial charge in [0.1, 0.15) is 0 Å². The Hall–Kier alpha value is -3.65. The van der Waals surface area contributed by atoms with Crippen LogP contribution in [0.5, 0.6) is 0 Å². The molecule has 8 heteroatoms. The lowest BCUT2D eigenvalue weighted by atomic mass is 10.0. The molecule has 156 valence electrons. The SMILES string of the molecule is C=CCNC(=O)CSc1nnc(-c2cc(-c3ccc(C)cc3)nc3ccccc23)n1N. The third-order valence-electron chi connectivity index (χ3n) is 4.74. The lowest BCUT2D eigenvalue weighted by molar-refractivity contribution is -0.118. The molecule has 4 rings (SSSR count). The largest absolute Gasteiger partial charge is 0.352 e. The number of benzene rings is 2. The van der Waals surface area contributed by atoms with Gasteiger partial charge in [-0.2, -0.15) is 0 Å². The molecule has 2 aromatic carbocycles. The summed E-state index contributed by atoms with van der Waals surface area (Å²) in [5.74, 6) is 6.91. The van der Waals surface area contributed by atoms with Gasteiger partial charge in [0, 0.05) is 23.1 Å². The first-order valence-electron chi connectivity index (χ1n) is 9.75. The molecule has 0 spiro atoms. The molecule has 0 fully saturated rings. The van der Waals surface area contributed by atoms with Crippen LogP contribution in [0.2, 0.25) is 0 Å². The molecular weight excluding hydrogens is 408 g/mol. The van der Waals surface area contributed by atoms with Crippen molar-refractivity contribution in [3.05, 3.63) is 72.8 Å². The van der Waals surface area contributed by atoms with Crippen LogP contribution in [0.1, 0.15) is 5.56 Å². The fourth-order valence-corrected chi connectivity index (χ4v) is 3.85. The van der Waals surface area contributed by atoms with Crippen molar-refractivity contribution in [3.63, 3.8) is 0 Å². The fourth-order valence-electron chi connectivity index (χ4n) is 3.16. The van der Waals surface area contributed by atoms with Gasteiger partial charge in [-0.05, 0) is 19.1 Å². The number of carbonyl (C=O) groups is 1. The molecule has 4 aromatic rings. The van der Waals surface area contributed by atoms with Gasteiger partial charge in [0.25, 0.3) is 0 Å². The highest BCUT2D eigenvalue weighted by Gasteiger charge is 2.17. The highest BCUT2D eigenvalue weighted by molar-refractivity contribution is 7.99. The van der Waals surface area contributed by atoms with Crippen molar-refractivity contribution in [2.75, 3.05) is 18.1 Å². The maximum Gasteiger partial charge on any atom is 0.230 e. The van der Waals surface area contributed by atoms with Crippen LogP contribution in [0.15, 0.2) is 72.4 Å². The number of aryl methyl sites for hydroxylation is 1. The summed E-state index contributed by atoms with van der Waals surface area (Å²) >= 11 is 1.23. The lowest BCUT2D eigenvalue weighted by Crippen LogP contribution is -2.25. The van der Waals surface area contributed by atoms with Crippen LogP contribution in [-0.2, 0) is 4.79 Å². The number of aromatic nitrogens is 4. The Morgan fingerprint density at radius 1 is 1.19 bits per heavy atom.